The third-order valence-electron chi connectivity index (χ3n) is 3.16. The van der Waals surface area contributed by atoms with Gasteiger partial charge >= 0.3 is 5.97 Å². The fourth-order valence-electron chi connectivity index (χ4n) is 2.25. The molecule has 0 amide bonds. The molecular formula is C14H14O3. The molecule has 0 bridgehead atoms. The molecule has 0 unspecified atom stereocenters. The van der Waals surface area contributed by atoms with Crippen molar-refractivity contribution in [3.63, 3.8) is 0 Å². The minimum absolute atomic E-state index is 0.0698. The number of hydrogen-bond donors (Lipinski definition) is 0. The number of esters is 1. The molecule has 3 heteroatoms. The van der Waals surface area contributed by atoms with Crippen LogP contribution in [0.3, 0.4) is 0 Å². The van der Waals surface area contributed by atoms with E-state index in [4.69, 9.17) is 9.15 Å². The zero-order chi connectivity index (χ0) is 11.7. The van der Waals surface area contributed by atoms with Gasteiger partial charge in [-0.3, -0.25) is 4.79 Å². The van der Waals surface area contributed by atoms with E-state index in [-0.39, 0.29) is 12.1 Å². The van der Waals surface area contributed by atoms with Crippen LogP contribution in [0.25, 0.3) is 11.0 Å². The zero-order valence-electron chi connectivity index (χ0n) is 9.52. The van der Waals surface area contributed by atoms with E-state index in [9.17, 15) is 4.79 Å². The van der Waals surface area contributed by atoms with Gasteiger partial charge in [0, 0.05) is 18.2 Å². The third-order valence-corrected chi connectivity index (χ3v) is 3.16. The highest BCUT2D eigenvalue weighted by molar-refractivity contribution is 5.77. The highest BCUT2D eigenvalue weighted by Gasteiger charge is 2.23. The average molecular weight is 230 g/mol. The molecule has 2 heterocycles. The SMILES string of the molecule is O=C1CC[C@H](CCc2cc3ccccc3o2)O1. The van der Waals surface area contributed by atoms with Crippen molar-refractivity contribution in [3.05, 3.63) is 36.1 Å². The third kappa shape index (κ3) is 2.18. The summed E-state index contributed by atoms with van der Waals surface area (Å²) in [6, 6.07) is 10.0. The zero-order valence-corrected chi connectivity index (χ0v) is 9.52. The van der Waals surface area contributed by atoms with E-state index in [0.29, 0.717) is 6.42 Å². The molecule has 1 aliphatic rings. The Morgan fingerprint density at radius 2 is 2.18 bits per heavy atom. The van der Waals surface area contributed by atoms with Crippen LogP contribution in [0.15, 0.2) is 34.7 Å². The van der Waals surface area contributed by atoms with Crippen molar-refractivity contribution in [2.45, 2.75) is 31.8 Å². The van der Waals surface area contributed by atoms with Crippen LogP contribution in [-0.2, 0) is 16.0 Å². The Kier molecular flexibility index (Phi) is 2.59. The molecular weight excluding hydrogens is 216 g/mol. The molecule has 1 aromatic heterocycles. The molecule has 3 rings (SSSR count). The van der Waals surface area contributed by atoms with Gasteiger partial charge in [-0.15, -0.1) is 0 Å². The lowest BCUT2D eigenvalue weighted by molar-refractivity contribution is -0.141. The molecule has 1 aromatic carbocycles. The molecule has 17 heavy (non-hydrogen) atoms. The summed E-state index contributed by atoms with van der Waals surface area (Å²) in [6.45, 7) is 0. The van der Waals surface area contributed by atoms with Crippen LogP contribution >= 0.6 is 0 Å². The highest BCUT2D eigenvalue weighted by atomic mass is 16.5. The van der Waals surface area contributed by atoms with Crippen molar-refractivity contribution in [2.75, 3.05) is 0 Å². The average Bonchev–Trinajstić information content (AvgIpc) is 2.91. The molecule has 1 atom stereocenters. The Morgan fingerprint density at radius 3 is 2.94 bits per heavy atom. The summed E-state index contributed by atoms with van der Waals surface area (Å²) < 4.78 is 10.9. The number of para-hydroxylation sites is 1. The summed E-state index contributed by atoms with van der Waals surface area (Å²) in [7, 11) is 0. The lowest BCUT2D eigenvalue weighted by Gasteiger charge is -2.06. The van der Waals surface area contributed by atoms with Crippen LogP contribution in [0.1, 0.15) is 25.0 Å². The van der Waals surface area contributed by atoms with E-state index in [1.165, 1.54) is 0 Å². The number of furan rings is 1. The predicted octanol–water partition coefficient (Wildman–Crippen LogP) is 3.07. The van der Waals surface area contributed by atoms with Gasteiger partial charge < -0.3 is 9.15 Å². The standard InChI is InChI=1S/C14H14O3/c15-14-8-7-11(17-14)5-6-12-9-10-3-1-2-4-13(10)16-12/h1-4,9,11H,5-8H2/t11-/m0/s1. The van der Waals surface area contributed by atoms with Crippen molar-refractivity contribution in [3.8, 4) is 0 Å². The number of carbonyl (C=O) groups excluding carboxylic acids is 1. The fraction of sp³-hybridized carbons (Fsp3) is 0.357. The van der Waals surface area contributed by atoms with Gasteiger partial charge in [-0.05, 0) is 25.0 Å². The molecule has 0 N–H and O–H groups in total. The summed E-state index contributed by atoms with van der Waals surface area (Å²) in [5.41, 5.74) is 0.922. The smallest absolute Gasteiger partial charge is 0.306 e. The molecule has 3 nitrogen and oxygen atoms in total. The van der Waals surface area contributed by atoms with E-state index in [1.807, 2.05) is 24.3 Å². The molecule has 88 valence electrons. The summed E-state index contributed by atoms with van der Waals surface area (Å²) in [4.78, 5) is 11.0. The second kappa shape index (κ2) is 4.24. The van der Waals surface area contributed by atoms with Crippen LogP contribution in [0.5, 0.6) is 0 Å². The number of carbonyl (C=O) groups is 1. The Bertz CT molecular complexity index is 508. The Hall–Kier alpha value is -1.77. The van der Waals surface area contributed by atoms with E-state index < -0.39 is 0 Å². The van der Waals surface area contributed by atoms with E-state index in [1.54, 1.807) is 0 Å². The van der Waals surface area contributed by atoms with Gasteiger partial charge in [-0.2, -0.15) is 0 Å². The van der Waals surface area contributed by atoms with E-state index >= 15 is 0 Å². The van der Waals surface area contributed by atoms with Gasteiger partial charge in [0.2, 0.25) is 0 Å². The van der Waals surface area contributed by atoms with Crippen molar-refractivity contribution in [1.29, 1.82) is 0 Å². The van der Waals surface area contributed by atoms with Crippen LogP contribution < -0.4 is 0 Å². The van der Waals surface area contributed by atoms with Gasteiger partial charge in [0.05, 0.1) is 0 Å². The maximum Gasteiger partial charge on any atom is 0.306 e. The summed E-state index contributed by atoms with van der Waals surface area (Å²) in [5.74, 6) is 0.897. The fourth-order valence-corrected chi connectivity index (χ4v) is 2.25. The maximum absolute atomic E-state index is 11.0. The molecule has 2 aromatic rings. The first-order valence-electron chi connectivity index (χ1n) is 5.98. The second-order valence-electron chi connectivity index (χ2n) is 4.44. The van der Waals surface area contributed by atoms with Gasteiger partial charge in [0.15, 0.2) is 0 Å². The number of ether oxygens (including phenoxy) is 1. The van der Waals surface area contributed by atoms with E-state index in [2.05, 4.69) is 6.07 Å². The first kappa shape index (κ1) is 10.4. The van der Waals surface area contributed by atoms with Crippen LogP contribution in [0.2, 0.25) is 0 Å². The van der Waals surface area contributed by atoms with Crippen molar-refractivity contribution in [1.82, 2.24) is 0 Å². The normalized spacial score (nSPS) is 19.8. The number of fused-ring (bicyclic) bond motifs is 1. The lowest BCUT2D eigenvalue weighted by atomic mass is 10.1. The van der Waals surface area contributed by atoms with Gasteiger partial charge in [0.25, 0.3) is 0 Å². The largest absolute Gasteiger partial charge is 0.462 e. The number of aryl methyl sites for hydroxylation is 1. The lowest BCUT2D eigenvalue weighted by Crippen LogP contribution is -2.07. The summed E-state index contributed by atoms with van der Waals surface area (Å²) >= 11 is 0. The first-order valence-corrected chi connectivity index (χ1v) is 5.98. The summed E-state index contributed by atoms with van der Waals surface area (Å²) in [5, 5.41) is 1.13. The van der Waals surface area contributed by atoms with Gasteiger partial charge in [-0.1, -0.05) is 18.2 Å². The molecule has 0 aliphatic carbocycles. The number of hydrogen-bond acceptors (Lipinski definition) is 3. The minimum Gasteiger partial charge on any atom is -0.462 e. The van der Waals surface area contributed by atoms with Crippen LogP contribution in [0.4, 0.5) is 0 Å². The monoisotopic (exact) mass is 230 g/mol. The van der Waals surface area contributed by atoms with Crippen LogP contribution in [-0.4, -0.2) is 12.1 Å². The van der Waals surface area contributed by atoms with Gasteiger partial charge in [0.1, 0.15) is 17.4 Å². The number of benzene rings is 1. The first-order chi connectivity index (χ1) is 8.31. The highest BCUT2D eigenvalue weighted by Crippen LogP contribution is 2.23. The molecule has 1 fully saturated rings. The Balaban J connectivity index is 1.66. The predicted molar refractivity (Wildman–Crippen MR) is 63.6 cm³/mol. The van der Waals surface area contributed by atoms with Crippen LogP contribution in [0, 0.1) is 0 Å². The van der Waals surface area contributed by atoms with Gasteiger partial charge in [-0.25, -0.2) is 0 Å². The number of rotatable bonds is 3. The number of cyclic esters (lactones) is 1. The molecule has 1 saturated heterocycles. The quantitative estimate of drug-likeness (QED) is 0.761. The van der Waals surface area contributed by atoms with E-state index in [0.717, 1.165) is 36.0 Å². The maximum atomic E-state index is 11.0. The minimum atomic E-state index is -0.0698. The Labute approximate surface area is 99.4 Å². The summed E-state index contributed by atoms with van der Waals surface area (Å²) in [6.07, 6.45) is 3.16. The molecule has 0 radical (unpaired) electrons. The Morgan fingerprint density at radius 1 is 1.29 bits per heavy atom. The molecule has 0 saturated carbocycles. The molecule has 0 spiro atoms. The van der Waals surface area contributed by atoms with Crippen molar-refractivity contribution in [2.24, 2.45) is 0 Å². The second-order valence-corrected chi connectivity index (χ2v) is 4.44. The van der Waals surface area contributed by atoms with Crippen molar-refractivity contribution >= 4 is 16.9 Å². The topological polar surface area (TPSA) is 39.4 Å². The molecule has 1 aliphatic heterocycles. The van der Waals surface area contributed by atoms with Crippen molar-refractivity contribution < 1.29 is 13.9 Å².